The van der Waals surface area contributed by atoms with Crippen LogP contribution >= 0.6 is 0 Å². The van der Waals surface area contributed by atoms with Crippen LogP contribution < -0.4 is 5.73 Å². The summed E-state index contributed by atoms with van der Waals surface area (Å²) in [5, 5.41) is 0. The highest BCUT2D eigenvalue weighted by atomic mass is 16.5. The van der Waals surface area contributed by atoms with Crippen LogP contribution in [0.1, 0.15) is 12.8 Å². The molecule has 12 heavy (non-hydrogen) atoms. The van der Waals surface area contributed by atoms with Crippen molar-refractivity contribution in [2.24, 2.45) is 5.73 Å². The third-order valence-electron chi connectivity index (χ3n) is 1.79. The van der Waals surface area contributed by atoms with Crippen molar-refractivity contribution in [3.8, 4) is 0 Å². The fourth-order valence-corrected chi connectivity index (χ4v) is 1.11. The molecule has 0 saturated heterocycles. The maximum absolute atomic E-state index is 10.9. The molecule has 0 bridgehead atoms. The molecule has 2 atom stereocenters. The SMILES string of the molecule is COC(=O)C(N)CC1CC=CO1. The van der Waals surface area contributed by atoms with Crippen molar-refractivity contribution < 1.29 is 14.3 Å². The molecule has 1 aliphatic rings. The molecule has 4 nitrogen and oxygen atoms in total. The van der Waals surface area contributed by atoms with Crippen molar-refractivity contribution in [2.75, 3.05) is 7.11 Å². The first-order valence-electron chi connectivity index (χ1n) is 3.88. The molecular weight excluding hydrogens is 158 g/mol. The van der Waals surface area contributed by atoms with E-state index in [0.29, 0.717) is 6.42 Å². The fraction of sp³-hybridized carbons (Fsp3) is 0.625. The van der Waals surface area contributed by atoms with Crippen LogP contribution in [0.5, 0.6) is 0 Å². The lowest BCUT2D eigenvalue weighted by atomic mass is 10.1. The molecule has 0 aromatic rings. The highest BCUT2D eigenvalue weighted by Gasteiger charge is 2.21. The molecule has 1 rings (SSSR count). The van der Waals surface area contributed by atoms with Gasteiger partial charge in [0.15, 0.2) is 0 Å². The predicted molar refractivity (Wildman–Crippen MR) is 43.2 cm³/mol. The molecule has 0 amide bonds. The maximum atomic E-state index is 10.9. The molecule has 0 spiro atoms. The standard InChI is InChI=1S/C8H13NO3/c1-11-8(10)7(9)5-6-3-2-4-12-6/h2,4,6-7H,3,5,9H2,1H3. The van der Waals surface area contributed by atoms with Crippen LogP contribution in [0, 0.1) is 0 Å². The molecular formula is C8H13NO3. The van der Waals surface area contributed by atoms with Crippen LogP contribution in [0.25, 0.3) is 0 Å². The molecule has 1 heterocycles. The van der Waals surface area contributed by atoms with Crippen LogP contribution in [0.4, 0.5) is 0 Å². The van der Waals surface area contributed by atoms with Gasteiger partial charge in [-0.25, -0.2) is 0 Å². The summed E-state index contributed by atoms with van der Waals surface area (Å²) >= 11 is 0. The molecule has 2 unspecified atom stereocenters. The minimum Gasteiger partial charge on any atom is -0.498 e. The number of hydrogen-bond donors (Lipinski definition) is 1. The number of methoxy groups -OCH3 is 1. The van der Waals surface area contributed by atoms with E-state index in [2.05, 4.69) is 4.74 Å². The van der Waals surface area contributed by atoms with Crippen molar-refractivity contribution in [3.63, 3.8) is 0 Å². The first kappa shape index (κ1) is 9.06. The van der Waals surface area contributed by atoms with E-state index in [1.165, 1.54) is 7.11 Å². The lowest BCUT2D eigenvalue weighted by molar-refractivity contribution is -0.142. The molecule has 0 fully saturated rings. The van der Waals surface area contributed by atoms with E-state index in [4.69, 9.17) is 10.5 Å². The molecule has 0 radical (unpaired) electrons. The highest BCUT2D eigenvalue weighted by molar-refractivity contribution is 5.75. The third-order valence-corrected chi connectivity index (χ3v) is 1.79. The maximum Gasteiger partial charge on any atom is 0.322 e. The van der Waals surface area contributed by atoms with E-state index >= 15 is 0 Å². The van der Waals surface area contributed by atoms with Gasteiger partial charge in [-0.2, -0.15) is 0 Å². The quantitative estimate of drug-likeness (QED) is 0.615. The van der Waals surface area contributed by atoms with E-state index in [-0.39, 0.29) is 12.1 Å². The van der Waals surface area contributed by atoms with Gasteiger partial charge in [0.2, 0.25) is 0 Å². The molecule has 68 valence electrons. The van der Waals surface area contributed by atoms with Crippen LogP contribution in [-0.2, 0) is 14.3 Å². The zero-order valence-corrected chi connectivity index (χ0v) is 7.03. The van der Waals surface area contributed by atoms with E-state index in [1.807, 2.05) is 6.08 Å². The molecule has 1 aliphatic heterocycles. The van der Waals surface area contributed by atoms with Gasteiger partial charge in [-0.3, -0.25) is 4.79 Å². The summed E-state index contributed by atoms with van der Waals surface area (Å²) in [6, 6.07) is -0.570. The van der Waals surface area contributed by atoms with Gasteiger partial charge in [0.05, 0.1) is 13.4 Å². The number of hydrogen-bond acceptors (Lipinski definition) is 4. The van der Waals surface area contributed by atoms with Gasteiger partial charge in [-0.15, -0.1) is 0 Å². The van der Waals surface area contributed by atoms with Crippen LogP contribution in [0.15, 0.2) is 12.3 Å². The minimum atomic E-state index is -0.570. The van der Waals surface area contributed by atoms with Gasteiger partial charge in [0.25, 0.3) is 0 Å². The molecule has 0 aromatic heterocycles. The second-order valence-corrected chi connectivity index (χ2v) is 2.73. The Kier molecular flexibility index (Phi) is 3.10. The van der Waals surface area contributed by atoms with Crippen molar-refractivity contribution in [1.29, 1.82) is 0 Å². The highest BCUT2D eigenvalue weighted by Crippen LogP contribution is 2.13. The average Bonchev–Trinajstić information content (AvgIpc) is 2.55. The van der Waals surface area contributed by atoms with Gasteiger partial charge in [-0.1, -0.05) is 0 Å². The van der Waals surface area contributed by atoms with Crippen LogP contribution in [0.2, 0.25) is 0 Å². The van der Waals surface area contributed by atoms with Gasteiger partial charge >= 0.3 is 5.97 Å². The summed E-state index contributed by atoms with van der Waals surface area (Å²) in [5.74, 6) is -0.384. The summed E-state index contributed by atoms with van der Waals surface area (Å²) in [4.78, 5) is 10.9. The lowest BCUT2D eigenvalue weighted by Gasteiger charge is -2.14. The largest absolute Gasteiger partial charge is 0.498 e. The summed E-state index contributed by atoms with van der Waals surface area (Å²) in [7, 11) is 1.33. The predicted octanol–water partition coefficient (Wildman–Crippen LogP) is 0.179. The molecule has 0 aliphatic carbocycles. The molecule has 2 N–H and O–H groups in total. The monoisotopic (exact) mass is 171 g/mol. The van der Waals surface area contributed by atoms with Crippen LogP contribution in [-0.4, -0.2) is 25.2 Å². The zero-order chi connectivity index (χ0) is 8.97. The second kappa shape index (κ2) is 4.11. The topological polar surface area (TPSA) is 61.5 Å². The van der Waals surface area contributed by atoms with E-state index in [9.17, 15) is 4.79 Å². The van der Waals surface area contributed by atoms with E-state index in [0.717, 1.165) is 6.42 Å². The Hall–Kier alpha value is -1.03. The van der Waals surface area contributed by atoms with Gasteiger partial charge in [-0.05, 0) is 6.08 Å². The number of esters is 1. The van der Waals surface area contributed by atoms with Crippen molar-refractivity contribution >= 4 is 5.97 Å². The van der Waals surface area contributed by atoms with Gasteiger partial charge < -0.3 is 15.2 Å². The normalized spacial score (nSPS) is 23.3. The number of nitrogens with two attached hydrogens (primary N) is 1. The Morgan fingerprint density at radius 2 is 2.67 bits per heavy atom. The minimum absolute atomic E-state index is 0.0408. The average molecular weight is 171 g/mol. The summed E-state index contributed by atoms with van der Waals surface area (Å²) < 4.78 is 9.63. The Bertz CT molecular complexity index is 183. The fourth-order valence-electron chi connectivity index (χ4n) is 1.11. The number of ether oxygens (including phenoxy) is 2. The third kappa shape index (κ3) is 2.23. The summed E-state index contributed by atoms with van der Waals surface area (Å²) in [5.41, 5.74) is 5.53. The zero-order valence-electron chi connectivity index (χ0n) is 7.03. The molecule has 4 heteroatoms. The van der Waals surface area contributed by atoms with Crippen LogP contribution in [0.3, 0.4) is 0 Å². The summed E-state index contributed by atoms with van der Waals surface area (Å²) in [6.07, 6.45) is 4.92. The smallest absolute Gasteiger partial charge is 0.322 e. The Labute approximate surface area is 71.3 Å². The van der Waals surface area contributed by atoms with Crippen molar-refractivity contribution in [3.05, 3.63) is 12.3 Å². The Balaban J connectivity index is 2.25. The number of rotatable bonds is 3. The Morgan fingerprint density at radius 1 is 1.92 bits per heavy atom. The van der Waals surface area contributed by atoms with E-state index < -0.39 is 6.04 Å². The van der Waals surface area contributed by atoms with Gasteiger partial charge in [0, 0.05) is 12.8 Å². The van der Waals surface area contributed by atoms with Crippen molar-refractivity contribution in [1.82, 2.24) is 0 Å². The van der Waals surface area contributed by atoms with E-state index in [1.54, 1.807) is 6.26 Å². The summed E-state index contributed by atoms with van der Waals surface area (Å²) in [6.45, 7) is 0. The molecule has 0 aromatic carbocycles. The Morgan fingerprint density at radius 3 is 3.17 bits per heavy atom. The first-order valence-corrected chi connectivity index (χ1v) is 3.88. The molecule has 0 saturated carbocycles. The number of carbonyl (C=O) groups is 1. The second-order valence-electron chi connectivity index (χ2n) is 2.73. The lowest BCUT2D eigenvalue weighted by Crippen LogP contribution is -2.34. The van der Waals surface area contributed by atoms with Gasteiger partial charge in [0.1, 0.15) is 12.1 Å². The first-order chi connectivity index (χ1) is 5.74. The number of carbonyl (C=O) groups excluding carboxylic acids is 1. The van der Waals surface area contributed by atoms with Crippen molar-refractivity contribution in [2.45, 2.75) is 25.0 Å².